The fourth-order valence-electron chi connectivity index (χ4n) is 4.34. The van der Waals surface area contributed by atoms with E-state index >= 15 is 0 Å². The number of rotatable bonds is 4. The summed E-state index contributed by atoms with van der Waals surface area (Å²) in [5.74, 6) is 1.33. The van der Waals surface area contributed by atoms with Crippen molar-refractivity contribution in [2.75, 3.05) is 0 Å². The van der Waals surface area contributed by atoms with E-state index < -0.39 is 0 Å². The summed E-state index contributed by atoms with van der Waals surface area (Å²) in [7, 11) is 0. The summed E-state index contributed by atoms with van der Waals surface area (Å²) in [6.45, 7) is 5.08. The highest BCUT2D eigenvalue weighted by molar-refractivity contribution is 6.31. The van der Waals surface area contributed by atoms with Crippen molar-refractivity contribution in [3.63, 3.8) is 0 Å². The minimum absolute atomic E-state index is 0.114. The molecule has 0 spiro atoms. The lowest BCUT2D eigenvalue weighted by atomic mass is 9.92. The molecule has 0 atom stereocenters. The molecule has 4 nitrogen and oxygen atoms in total. The highest BCUT2D eigenvalue weighted by atomic mass is 35.5. The van der Waals surface area contributed by atoms with Crippen LogP contribution in [0.1, 0.15) is 72.5 Å². The number of halogens is 1. The van der Waals surface area contributed by atoms with E-state index in [-0.39, 0.29) is 18.1 Å². The molecule has 0 N–H and O–H groups in total. The summed E-state index contributed by atoms with van der Waals surface area (Å²) in [6, 6.07) is 13.8. The molecule has 0 unspecified atom stereocenters. The second-order valence-corrected chi connectivity index (χ2v) is 8.71. The van der Waals surface area contributed by atoms with Crippen molar-refractivity contribution in [3.8, 4) is 11.8 Å². The molecule has 2 aromatic rings. The van der Waals surface area contributed by atoms with Gasteiger partial charge in [-0.3, -0.25) is 4.79 Å². The number of ether oxygens (including phenoxy) is 1. The third kappa shape index (κ3) is 3.97. The predicted molar refractivity (Wildman–Crippen MR) is 113 cm³/mol. The lowest BCUT2D eigenvalue weighted by Crippen LogP contribution is -2.40. The molecule has 4 rings (SSSR count). The molecular formula is C24H25ClN2O2. The normalized spacial score (nSPS) is 21.2. The Hall–Kier alpha value is -2.51. The SMILES string of the molecule is CC(C)c1ccc2c(c1)CN([C@H]1CC[C@H](Oc3ccc(C#N)c(Cl)c3)CC1)C2=O. The van der Waals surface area contributed by atoms with Crippen molar-refractivity contribution in [3.05, 3.63) is 63.7 Å². The maximum Gasteiger partial charge on any atom is 0.254 e. The molecule has 0 aromatic heterocycles. The van der Waals surface area contributed by atoms with E-state index in [1.807, 2.05) is 11.0 Å². The second-order valence-electron chi connectivity index (χ2n) is 8.31. The Morgan fingerprint density at radius 1 is 1.14 bits per heavy atom. The van der Waals surface area contributed by atoms with Gasteiger partial charge in [0.25, 0.3) is 5.91 Å². The van der Waals surface area contributed by atoms with E-state index in [1.165, 1.54) is 5.56 Å². The molecular weight excluding hydrogens is 384 g/mol. The number of hydrogen-bond acceptors (Lipinski definition) is 3. The quantitative estimate of drug-likeness (QED) is 0.653. The largest absolute Gasteiger partial charge is 0.490 e. The predicted octanol–water partition coefficient (Wildman–Crippen LogP) is 5.68. The summed E-state index contributed by atoms with van der Waals surface area (Å²) in [4.78, 5) is 14.9. The third-order valence-electron chi connectivity index (χ3n) is 6.08. The number of hydrogen-bond donors (Lipinski definition) is 0. The molecule has 5 heteroatoms. The summed E-state index contributed by atoms with van der Waals surface area (Å²) >= 11 is 6.10. The van der Waals surface area contributed by atoms with Crippen LogP contribution in [-0.2, 0) is 6.54 Å². The summed E-state index contributed by atoms with van der Waals surface area (Å²) in [5.41, 5.74) is 3.76. The highest BCUT2D eigenvalue weighted by Crippen LogP contribution is 2.34. The molecule has 1 aliphatic carbocycles. The molecule has 1 heterocycles. The fourth-order valence-corrected chi connectivity index (χ4v) is 4.56. The van der Waals surface area contributed by atoms with E-state index in [9.17, 15) is 4.79 Å². The maximum absolute atomic E-state index is 12.9. The van der Waals surface area contributed by atoms with E-state index in [1.54, 1.807) is 18.2 Å². The minimum Gasteiger partial charge on any atom is -0.490 e. The number of fused-ring (bicyclic) bond motifs is 1. The molecule has 2 aromatic carbocycles. The Kier molecular flexibility index (Phi) is 5.52. The lowest BCUT2D eigenvalue weighted by molar-refractivity contribution is 0.0561. The van der Waals surface area contributed by atoms with E-state index in [2.05, 4.69) is 32.0 Å². The van der Waals surface area contributed by atoms with Crippen LogP contribution < -0.4 is 4.74 Å². The van der Waals surface area contributed by atoms with Gasteiger partial charge in [0.15, 0.2) is 0 Å². The Bertz CT molecular complexity index is 971. The second kappa shape index (κ2) is 8.08. The average Bonchev–Trinajstić information content (AvgIpc) is 3.05. The number of carbonyl (C=O) groups excluding carboxylic acids is 1. The van der Waals surface area contributed by atoms with Gasteiger partial charge in [-0.1, -0.05) is 37.6 Å². The van der Waals surface area contributed by atoms with Crippen LogP contribution >= 0.6 is 11.6 Å². The average molecular weight is 409 g/mol. The van der Waals surface area contributed by atoms with Gasteiger partial charge in [-0.25, -0.2) is 0 Å². The van der Waals surface area contributed by atoms with Crippen LogP contribution in [0.4, 0.5) is 0 Å². The number of nitriles is 1. The van der Waals surface area contributed by atoms with Crippen LogP contribution in [0.2, 0.25) is 5.02 Å². The molecule has 29 heavy (non-hydrogen) atoms. The van der Waals surface area contributed by atoms with Crippen molar-refractivity contribution in [2.24, 2.45) is 0 Å². The van der Waals surface area contributed by atoms with Crippen LogP contribution in [0.15, 0.2) is 36.4 Å². The first-order valence-corrected chi connectivity index (χ1v) is 10.6. The molecule has 0 saturated heterocycles. The minimum atomic E-state index is 0.114. The molecule has 2 aliphatic rings. The maximum atomic E-state index is 12.9. The standard InChI is InChI=1S/C24H25ClN2O2/c1-15(2)16-4-10-22-18(11-16)14-27(24(22)28)19-5-8-20(9-6-19)29-21-7-3-17(13-26)23(25)12-21/h3-4,7,10-12,15,19-20H,5-6,8-9,14H2,1-2H3/t19-,20-. The van der Waals surface area contributed by atoms with Crippen molar-refractivity contribution >= 4 is 17.5 Å². The van der Waals surface area contributed by atoms with Crippen molar-refractivity contribution in [1.82, 2.24) is 4.90 Å². The molecule has 150 valence electrons. The smallest absolute Gasteiger partial charge is 0.254 e. The zero-order valence-electron chi connectivity index (χ0n) is 16.8. The van der Waals surface area contributed by atoms with E-state index in [4.69, 9.17) is 21.6 Å². The third-order valence-corrected chi connectivity index (χ3v) is 6.39. The van der Waals surface area contributed by atoms with Crippen molar-refractivity contribution in [1.29, 1.82) is 5.26 Å². The van der Waals surface area contributed by atoms with Crippen LogP contribution in [0, 0.1) is 11.3 Å². The van der Waals surface area contributed by atoms with Gasteiger partial charge >= 0.3 is 0 Å². The van der Waals surface area contributed by atoms with Gasteiger partial charge in [-0.2, -0.15) is 5.26 Å². The zero-order chi connectivity index (χ0) is 20.5. The van der Waals surface area contributed by atoms with Gasteiger partial charge in [0, 0.05) is 24.2 Å². The molecule has 1 fully saturated rings. The first kappa shape index (κ1) is 19.8. The molecule has 0 radical (unpaired) electrons. The van der Waals surface area contributed by atoms with Crippen LogP contribution in [0.5, 0.6) is 5.75 Å². The van der Waals surface area contributed by atoms with Gasteiger partial charge in [-0.15, -0.1) is 0 Å². The molecule has 0 bridgehead atoms. The molecule has 1 saturated carbocycles. The topological polar surface area (TPSA) is 53.3 Å². The van der Waals surface area contributed by atoms with Gasteiger partial charge in [0.2, 0.25) is 0 Å². The van der Waals surface area contributed by atoms with E-state index in [0.29, 0.717) is 22.3 Å². The summed E-state index contributed by atoms with van der Waals surface area (Å²) in [6.07, 6.45) is 3.79. The van der Waals surface area contributed by atoms with Crippen molar-refractivity contribution < 1.29 is 9.53 Å². The lowest BCUT2D eigenvalue weighted by Gasteiger charge is -2.34. The van der Waals surface area contributed by atoms with Crippen LogP contribution in [-0.4, -0.2) is 23.0 Å². The number of nitrogens with zero attached hydrogens (tertiary/aromatic N) is 2. The number of carbonyl (C=O) groups is 1. The highest BCUT2D eigenvalue weighted by Gasteiger charge is 2.35. The van der Waals surface area contributed by atoms with E-state index in [0.717, 1.165) is 43.4 Å². The van der Waals surface area contributed by atoms with Gasteiger partial charge in [-0.05, 0) is 60.9 Å². The van der Waals surface area contributed by atoms with Crippen molar-refractivity contribution in [2.45, 2.75) is 64.1 Å². The molecule has 1 amide bonds. The Balaban J connectivity index is 1.37. The zero-order valence-corrected chi connectivity index (χ0v) is 17.6. The van der Waals surface area contributed by atoms with Gasteiger partial charge in [0.05, 0.1) is 16.7 Å². The monoisotopic (exact) mass is 408 g/mol. The van der Waals surface area contributed by atoms with Crippen LogP contribution in [0.3, 0.4) is 0 Å². The fraction of sp³-hybridized carbons (Fsp3) is 0.417. The summed E-state index contributed by atoms with van der Waals surface area (Å²) < 4.78 is 6.08. The summed E-state index contributed by atoms with van der Waals surface area (Å²) in [5, 5.41) is 9.40. The first-order valence-electron chi connectivity index (χ1n) is 10.3. The first-order chi connectivity index (χ1) is 14.0. The Morgan fingerprint density at radius 3 is 2.55 bits per heavy atom. The van der Waals surface area contributed by atoms with Gasteiger partial charge in [0.1, 0.15) is 11.8 Å². The van der Waals surface area contributed by atoms with Crippen LogP contribution in [0.25, 0.3) is 0 Å². The Labute approximate surface area is 177 Å². The number of amides is 1. The molecule has 1 aliphatic heterocycles. The number of benzene rings is 2. The Morgan fingerprint density at radius 2 is 1.90 bits per heavy atom. The van der Waals surface area contributed by atoms with Gasteiger partial charge < -0.3 is 9.64 Å².